The van der Waals surface area contributed by atoms with Gasteiger partial charge in [0.2, 0.25) is 0 Å². The van der Waals surface area contributed by atoms with Crippen LogP contribution in [0.1, 0.15) is 5.82 Å². The highest BCUT2D eigenvalue weighted by molar-refractivity contribution is 6.02. The number of nitrogens with zero attached hydrogens (tertiary/aromatic N) is 2. The molecule has 0 aliphatic heterocycles. The van der Waals surface area contributed by atoms with Crippen molar-refractivity contribution in [2.75, 3.05) is 7.11 Å². The van der Waals surface area contributed by atoms with Crippen molar-refractivity contribution in [3.8, 4) is 28.0 Å². The van der Waals surface area contributed by atoms with Gasteiger partial charge in [-0.05, 0) is 23.3 Å². The predicted octanol–water partition coefficient (Wildman–Crippen LogP) is 6.66. The second-order valence-corrected chi connectivity index (χ2v) is 7.17. The van der Waals surface area contributed by atoms with Gasteiger partial charge in [0.05, 0.1) is 24.4 Å². The molecule has 1 N–H and O–H groups in total. The number of hydrogen-bond acceptors (Lipinski definition) is 3. The van der Waals surface area contributed by atoms with Gasteiger partial charge in [-0.3, -0.25) is 0 Å². The Morgan fingerprint density at radius 1 is 0.742 bits per heavy atom. The number of nitrogens with one attached hydrogen (secondary N) is 1. The average molecular weight is 403 g/mol. The molecule has 0 spiro atoms. The number of benzene rings is 4. The predicted molar refractivity (Wildman–Crippen MR) is 127 cm³/mol. The van der Waals surface area contributed by atoms with Crippen molar-refractivity contribution >= 4 is 22.9 Å². The molecule has 0 radical (unpaired) electrons. The lowest BCUT2D eigenvalue weighted by atomic mass is 9.98. The van der Waals surface area contributed by atoms with E-state index in [2.05, 4.69) is 46.4 Å². The Labute approximate surface area is 180 Å². The van der Waals surface area contributed by atoms with Crippen molar-refractivity contribution in [1.82, 2.24) is 9.97 Å². The first-order valence-electron chi connectivity index (χ1n) is 10.1. The van der Waals surface area contributed by atoms with E-state index in [1.807, 2.05) is 60.7 Å². The summed E-state index contributed by atoms with van der Waals surface area (Å²) < 4.78 is 5.40. The van der Waals surface area contributed by atoms with Crippen LogP contribution in [0.3, 0.4) is 0 Å². The molecule has 31 heavy (non-hydrogen) atoms. The molecule has 4 aromatic carbocycles. The van der Waals surface area contributed by atoms with Gasteiger partial charge in [0.25, 0.3) is 0 Å². The van der Waals surface area contributed by atoms with E-state index in [9.17, 15) is 0 Å². The van der Waals surface area contributed by atoms with Crippen LogP contribution in [0.15, 0.2) is 102 Å². The first-order valence-corrected chi connectivity index (χ1v) is 10.1. The minimum atomic E-state index is 0.696. The fourth-order valence-electron chi connectivity index (χ4n) is 3.75. The number of H-pyrrole nitrogens is 1. The van der Waals surface area contributed by atoms with Crippen molar-refractivity contribution in [3.05, 3.63) is 103 Å². The minimum absolute atomic E-state index is 0.696. The van der Waals surface area contributed by atoms with Crippen LogP contribution in [0.4, 0.5) is 5.69 Å². The fourth-order valence-corrected chi connectivity index (χ4v) is 3.75. The number of imidazole rings is 1. The van der Waals surface area contributed by atoms with Crippen molar-refractivity contribution in [2.45, 2.75) is 0 Å². The van der Waals surface area contributed by atoms with Crippen LogP contribution in [-0.4, -0.2) is 23.3 Å². The third-order valence-electron chi connectivity index (χ3n) is 5.24. The van der Waals surface area contributed by atoms with E-state index in [1.54, 1.807) is 13.3 Å². The summed E-state index contributed by atoms with van der Waals surface area (Å²) in [7, 11) is 1.65. The maximum Gasteiger partial charge on any atom is 0.149 e. The summed E-state index contributed by atoms with van der Waals surface area (Å²) in [6.07, 6.45) is 1.75. The standard InChI is InChI=1S/C27H21N3O/c1-31-24-15-9-8-14-23(24)28-18-25-29-26-21(19-10-4-2-5-11-19)16-17-22(27(26)30-25)20-12-6-3-7-13-20/h2-18H,1H3,(H,29,30)/b28-18+. The zero-order valence-electron chi connectivity index (χ0n) is 17.1. The second-order valence-electron chi connectivity index (χ2n) is 7.17. The summed E-state index contributed by atoms with van der Waals surface area (Å²) >= 11 is 0. The maximum absolute atomic E-state index is 5.40. The van der Waals surface area contributed by atoms with E-state index in [-0.39, 0.29) is 0 Å². The smallest absolute Gasteiger partial charge is 0.149 e. The Hall–Kier alpha value is -4.18. The van der Waals surface area contributed by atoms with E-state index >= 15 is 0 Å². The molecule has 5 rings (SSSR count). The SMILES string of the molecule is COc1ccccc1/N=C/c1nc2c(-c3ccccc3)ccc(-c3ccccc3)c2[nH]1. The van der Waals surface area contributed by atoms with Gasteiger partial charge < -0.3 is 9.72 Å². The van der Waals surface area contributed by atoms with Crippen molar-refractivity contribution in [1.29, 1.82) is 0 Å². The summed E-state index contributed by atoms with van der Waals surface area (Å²) in [5, 5.41) is 0. The lowest BCUT2D eigenvalue weighted by Crippen LogP contribution is -1.86. The van der Waals surface area contributed by atoms with Crippen LogP contribution >= 0.6 is 0 Å². The maximum atomic E-state index is 5.40. The van der Waals surface area contributed by atoms with Crippen LogP contribution in [-0.2, 0) is 0 Å². The summed E-state index contributed by atoms with van der Waals surface area (Å²) in [6, 6.07) is 32.6. The molecule has 0 aliphatic rings. The monoisotopic (exact) mass is 403 g/mol. The molecule has 0 saturated carbocycles. The molecule has 0 unspecified atom stereocenters. The second kappa shape index (κ2) is 8.28. The molecular weight excluding hydrogens is 382 g/mol. The molecule has 0 fully saturated rings. The number of para-hydroxylation sites is 2. The molecule has 4 heteroatoms. The quantitative estimate of drug-likeness (QED) is 0.334. The molecule has 0 saturated heterocycles. The minimum Gasteiger partial charge on any atom is -0.494 e. The molecule has 150 valence electrons. The summed E-state index contributed by atoms with van der Waals surface area (Å²) in [5.74, 6) is 1.42. The Morgan fingerprint density at radius 2 is 1.35 bits per heavy atom. The highest BCUT2D eigenvalue weighted by Gasteiger charge is 2.13. The van der Waals surface area contributed by atoms with E-state index in [0.29, 0.717) is 5.82 Å². The van der Waals surface area contributed by atoms with Gasteiger partial charge in [-0.25, -0.2) is 9.98 Å². The highest BCUT2D eigenvalue weighted by Crippen LogP contribution is 2.34. The molecule has 0 amide bonds. The van der Waals surface area contributed by atoms with Crippen LogP contribution < -0.4 is 4.74 Å². The van der Waals surface area contributed by atoms with Gasteiger partial charge in [-0.1, -0.05) is 84.9 Å². The van der Waals surface area contributed by atoms with Gasteiger partial charge in [0, 0.05) is 11.1 Å². The number of fused-ring (bicyclic) bond motifs is 1. The lowest BCUT2D eigenvalue weighted by molar-refractivity contribution is 0.416. The van der Waals surface area contributed by atoms with Gasteiger partial charge in [0.15, 0.2) is 0 Å². The van der Waals surface area contributed by atoms with Crippen LogP contribution in [0.25, 0.3) is 33.3 Å². The van der Waals surface area contributed by atoms with Crippen LogP contribution in [0, 0.1) is 0 Å². The lowest BCUT2D eigenvalue weighted by Gasteiger charge is -2.07. The van der Waals surface area contributed by atoms with E-state index in [0.717, 1.165) is 44.7 Å². The first kappa shape index (κ1) is 18.8. The molecule has 5 aromatic rings. The molecule has 4 nitrogen and oxygen atoms in total. The number of hydrogen-bond donors (Lipinski definition) is 1. The van der Waals surface area contributed by atoms with E-state index < -0.39 is 0 Å². The van der Waals surface area contributed by atoms with E-state index in [4.69, 9.17) is 9.72 Å². The van der Waals surface area contributed by atoms with Gasteiger partial charge in [0.1, 0.15) is 17.3 Å². The van der Waals surface area contributed by atoms with Gasteiger partial charge >= 0.3 is 0 Å². The van der Waals surface area contributed by atoms with Crippen LogP contribution in [0.5, 0.6) is 5.75 Å². The van der Waals surface area contributed by atoms with Crippen molar-refractivity contribution in [2.24, 2.45) is 4.99 Å². The average Bonchev–Trinajstić information content (AvgIpc) is 3.27. The summed E-state index contributed by atoms with van der Waals surface area (Å²) in [6.45, 7) is 0. The Balaban J connectivity index is 1.66. The fraction of sp³-hybridized carbons (Fsp3) is 0.0370. The van der Waals surface area contributed by atoms with E-state index in [1.165, 1.54) is 0 Å². The number of methoxy groups -OCH3 is 1. The third kappa shape index (κ3) is 3.71. The molecule has 0 aliphatic carbocycles. The normalized spacial score (nSPS) is 11.3. The number of rotatable bonds is 5. The van der Waals surface area contributed by atoms with Crippen molar-refractivity contribution in [3.63, 3.8) is 0 Å². The molecule has 1 heterocycles. The largest absolute Gasteiger partial charge is 0.494 e. The summed E-state index contributed by atoms with van der Waals surface area (Å²) in [5.41, 5.74) is 7.15. The topological polar surface area (TPSA) is 50.3 Å². The zero-order valence-corrected chi connectivity index (χ0v) is 17.1. The molecular formula is C27H21N3O. The van der Waals surface area contributed by atoms with Gasteiger partial charge in [-0.2, -0.15) is 0 Å². The molecule has 0 atom stereocenters. The molecule has 1 aromatic heterocycles. The number of aliphatic imine (C=N–C) groups is 1. The Kier molecular flexibility index (Phi) is 5.03. The highest BCUT2D eigenvalue weighted by atomic mass is 16.5. The number of aromatic nitrogens is 2. The third-order valence-corrected chi connectivity index (χ3v) is 5.24. The number of aromatic amines is 1. The van der Waals surface area contributed by atoms with Crippen molar-refractivity contribution < 1.29 is 4.74 Å². The number of ether oxygens (including phenoxy) is 1. The Bertz CT molecular complexity index is 1280. The van der Waals surface area contributed by atoms with Crippen LogP contribution in [0.2, 0.25) is 0 Å². The first-order chi connectivity index (χ1) is 15.3. The van der Waals surface area contributed by atoms with Gasteiger partial charge in [-0.15, -0.1) is 0 Å². The zero-order chi connectivity index (χ0) is 21.0. The molecule has 0 bridgehead atoms. The Morgan fingerprint density at radius 3 is 2.06 bits per heavy atom. The summed E-state index contributed by atoms with van der Waals surface area (Å²) in [4.78, 5) is 13.0.